The molecular formula is C15H12N4O2S. The molecule has 0 atom stereocenters. The molecule has 0 spiro atoms. The summed E-state index contributed by atoms with van der Waals surface area (Å²) in [5.41, 5.74) is 1.16. The minimum atomic E-state index is 0.398. The van der Waals surface area contributed by atoms with Crippen LogP contribution in [0.25, 0.3) is 16.5 Å². The van der Waals surface area contributed by atoms with Crippen molar-refractivity contribution in [3.63, 3.8) is 0 Å². The van der Waals surface area contributed by atoms with Gasteiger partial charge >= 0.3 is 0 Å². The van der Waals surface area contributed by atoms with E-state index in [-0.39, 0.29) is 0 Å². The van der Waals surface area contributed by atoms with Crippen LogP contribution in [-0.4, -0.2) is 19.8 Å². The highest BCUT2D eigenvalue weighted by Gasteiger charge is 2.15. The van der Waals surface area contributed by atoms with Gasteiger partial charge in [-0.25, -0.2) is 0 Å². The maximum absolute atomic E-state index is 5.77. The fourth-order valence-electron chi connectivity index (χ4n) is 2.12. The minimum Gasteiger partial charge on any atom is -0.486 e. The number of aryl methyl sites for hydroxylation is 1. The molecule has 0 saturated carbocycles. The van der Waals surface area contributed by atoms with E-state index in [1.165, 1.54) is 11.3 Å². The molecule has 0 unspecified atom stereocenters. The standard InChI is InChI=1S/C15H12N4O2S/c1-10-4-2-5-11(8-10)21-9-13-18-19-14(12-6-3-7-20-12)16-17-15(19)22-13/h2-8H,9H2,1H3. The minimum absolute atomic E-state index is 0.398. The van der Waals surface area contributed by atoms with Crippen LogP contribution in [0.4, 0.5) is 0 Å². The molecule has 110 valence electrons. The zero-order valence-corrected chi connectivity index (χ0v) is 12.6. The first-order valence-electron chi connectivity index (χ1n) is 6.74. The molecule has 3 heterocycles. The lowest BCUT2D eigenvalue weighted by atomic mass is 10.2. The Balaban J connectivity index is 1.58. The Kier molecular flexibility index (Phi) is 3.12. The summed E-state index contributed by atoms with van der Waals surface area (Å²) >= 11 is 1.45. The maximum Gasteiger partial charge on any atom is 0.235 e. The van der Waals surface area contributed by atoms with Gasteiger partial charge in [-0.05, 0) is 36.8 Å². The van der Waals surface area contributed by atoms with Crippen molar-refractivity contribution in [2.75, 3.05) is 0 Å². The zero-order valence-electron chi connectivity index (χ0n) is 11.8. The van der Waals surface area contributed by atoms with E-state index in [1.54, 1.807) is 10.8 Å². The van der Waals surface area contributed by atoms with Crippen LogP contribution in [0, 0.1) is 6.92 Å². The van der Waals surface area contributed by atoms with Crippen LogP contribution < -0.4 is 4.74 Å². The number of furan rings is 1. The number of nitrogens with zero attached hydrogens (tertiary/aromatic N) is 4. The molecule has 0 aliphatic carbocycles. The molecule has 6 nitrogen and oxygen atoms in total. The fourth-order valence-corrected chi connectivity index (χ4v) is 2.87. The van der Waals surface area contributed by atoms with Crippen molar-refractivity contribution < 1.29 is 9.15 Å². The molecule has 0 bridgehead atoms. The van der Waals surface area contributed by atoms with Crippen molar-refractivity contribution in [2.24, 2.45) is 0 Å². The molecule has 0 fully saturated rings. The summed E-state index contributed by atoms with van der Waals surface area (Å²) in [4.78, 5) is 0.717. The number of hydrogen-bond acceptors (Lipinski definition) is 6. The van der Waals surface area contributed by atoms with E-state index >= 15 is 0 Å². The molecule has 4 rings (SSSR count). The van der Waals surface area contributed by atoms with Crippen LogP contribution in [0.1, 0.15) is 10.6 Å². The first-order valence-corrected chi connectivity index (χ1v) is 7.56. The van der Waals surface area contributed by atoms with Crippen LogP contribution in [0.2, 0.25) is 0 Å². The summed E-state index contributed by atoms with van der Waals surface area (Å²) in [6, 6.07) is 11.6. The predicted octanol–water partition coefficient (Wildman–Crippen LogP) is 3.33. The number of rotatable bonds is 4. The summed E-state index contributed by atoms with van der Waals surface area (Å²) < 4.78 is 12.8. The van der Waals surface area contributed by atoms with Gasteiger partial charge in [0, 0.05) is 0 Å². The molecule has 4 aromatic rings. The van der Waals surface area contributed by atoms with E-state index in [4.69, 9.17) is 9.15 Å². The highest BCUT2D eigenvalue weighted by atomic mass is 32.1. The van der Waals surface area contributed by atoms with Crippen LogP contribution >= 0.6 is 11.3 Å². The molecule has 0 aliphatic heterocycles. The van der Waals surface area contributed by atoms with Crippen molar-refractivity contribution >= 4 is 16.3 Å². The lowest BCUT2D eigenvalue weighted by molar-refractivity contribution is 0.304. The van der Waals surface area contributed by atoms with Gasteiger partial charge in [-0.2, -0.15) is 9.61 Å². The first kappa shape index (κ1) is 13.0. The molecule has 1 aromatic carbocycles. The van der Waals surface area contributed by atoms with Crippen molar-refractivity contribution in [1.29, 1.82) is 0 Å². The van der Waals surface area contributed by atoms with Crippen LogP contribution in [0.5, 0.6) is 5.75 Å². The van der Waals surface area contributed by atoms with E-state index in [0.29, 0.717) is 23.2 Å². The molecule has 3 aromatic heterocycles. The van der Waals surface area contributed by atoms with Gasteiger partial charge in [0.1, 0.15) is 12.4 Å². The zero-order chi connectivity index (χ0) is 14.9. The molecule has 0 saturated heterocycles. The normalized spacial score (nSPS) is 11.1. The molecule has 0 aliphatic rings. The largest absolute Gasteiger partial charge is 0.486 e. The average Bonchev–Trinajstić information content (AvgIpc) is 3.21. The van der Waals surface area contributed by atoms with Gasteiger partial charge in [0.05, 0.1) is 6.26 Å². The van der Waals surface area contributed by atoms with Gasteiger partial charge in [-0.3, -0.25) is 0 Å². The van der Waals surface area contributed by atoms with Gasteiger partial charge in [0.25, 0.3) is 0 Å². The molecule has 0 N–H and O–H groups in total. The number of hydrogen-bond donors (Lipinski definition) is 0. The molecule has 0 radical (unpaired) electrons. The quantitative estimate of drug-likeness (QED) is 0.578. The monoisotopic (exact) mass is 312 g/mol. The number of aromatic nitrogens is 4. The molecule has 7 heteroatoms. The van der Waals surface area contributed by atoms with Crippen LogP contribution in [-0.2, 0) is 6.61 Å². The number of fused-ring (bicyclic) bond motifs is 1. The van der Waals surface area contributed by atoms with E-state index in [2.05, 4.69) is 15.3 Å². The van der Waals surface area contributed by atoms with E-state index in [1.807, 2.05) is 43.3 Å². The van der Waals surface area contributed by atoms with Crippen molar-refractivity contribution in [1.82, 2.24) is 19.8 Å². The predicted molar refractivity (Wildman–Crippen MR) is 81.9 cm³/mol. The Morgan fingerprint density at radius 1 is 1.23 bits per heavy atom. The van der Waals surface area contributed by atoms with Crippen LogP contribution in [0.3, 0.4) is 0 Å². The summed E-state index contributed by atoms with van der Waals surface area (Å²) in [5.74, 6) is 2.07. The van der Waals surface area contributed by atoms with Gasteiger partial charge in [-0.1, -0.05) is 23.5 Å². The summed E-state index contributed by atoms with van der Waals surface area (Å²) in [6.45, 7) is 2.43. The van der Waals surface area contributed by atoms with Gasteiger partial charge in [0.15, 0.2) is 10.8 Å². The third kappa shape index (κ3) is 2.35. The third-order valence-electron chi connectivity index (χ3n) is 3.13. The Bertz CT molecular complexity index is 911. The Morgan fingerprint density at radius 3 is 3.00 bits per heavy atom. The topological polar surface area (TPSA) is 65.5 Å². The Hall–Kier alpha value is -2.67. The lowest BCUT2D eigenvalue weighted by Gasteiger charge is -2.03. The second kappa shape index (κ2) is 5.27. The number of benzene rings is 1. The van der Waals surface area contributed by atoms with Crippen molar-refractivity contribution in [3.8, 4) is 17.3 Å². The van der Waals surface area contributed by atoms with Gasteiger partial charge in [0.2, 0.25) is 10.8 Å². The highest BCUT2D eigenvalue weighted by molar-refractivity contribution is 7.16. The lowest BCUT2D eigenvalue weighted by Crippen LogP contribution is -1.97. The van der Waals surface area contributed by atoms with Crippen molar-refractivity contribution in [3.05, 3.63) is 53.2 Å². The van der Waals surface area contributed by atoms with Gasteiger partial charge < -0.3 is 9.15 Å². The fraction of sp³-hybridized carbons (Fsp3) is 0.133. The first-order chi connectivity index (χ1) is 10.8. The van der Waals surface area contributed by atoms with Gasteiger partial charge in [-0.15, -0.1) is 10.2 Å². The summed E-state index contributed by atoms with van der Waals surface area (Å²) in [7, 11) is 0. The van der Waals surface area contributed by atoms with Crippen LogP contribution in [0.15, 0.2) is 47.1 Å². The molecule has 0 amide bonds. The molecule has 22 heavy (non-hydrogen) atoms. The second-order valence-corrected chi connectivity index (χ2v) is 5.84. The Labute approximate surface area is 130 Å². The smallest absolute Gasteiger partial charge is 0.235 e. The third-order valence-corrected chi connectivity index (χ3v) is 4.00. The number of ether oxygens (including phenoxy) is 1. The second-order valence-electron chi connectivity index (χ2n) is 4.80. The highest BCUT2D eigenvalue weighted by Crippen LogP contribution is 2.23. The summed E-state index contributed by atoms with van der Waals surface area (Å²) in [5, 5.41) is 13.5. The Morgan fingerprint density at radius 2 is 2.18 bits per heavy atom. The van der Waals surface area contributed by atoms with Crippen molar-refractivity contribution in [2.45, 2.75) is 13.5 Å². The maximum atomic E-state index is 5.77. The molecular weight excluding hydrogens is 300 g/mol. The van der Waals surface area contributed by atoms with E-state index in [0.717, 1.165) is 16.3 Å². The summed E-state index contributed by atoms with van der Waals surface area (Å²) in [6.07, 6.45) is 1.60. The average molecular weight is 312 g/mol. The SMILES string of the molecule is Cc1cccc(OCc2nn3c(-c4ccco4)nnc3s2)c1. The van der Waals surface area contributed by atoms with E-state index < -0.39 is 0 Å². The van der Waals surface area contributed by atoms with E-state index in [9.17, 15) is 0 Å².